The molecule has 0 heterocycles. The van der Waals surface area contributed by atoms with Crippen LogP contribution in [0.25, 0.3) is 0 Å². The Morgan fingerprint density at radius 1 is 2.29 bits per heavy atom. The van der Waals surface area contributed by atoms with Gasteiger partial charge < -0.3 is 5.11 Å². The predicted octanol–water partition coefficient (Wildman–Crippen LogP) is 0.463. The van der Waals surface area contributed by atoms with Crippen LogP contribution in [0.2, 0.25) is 6.82 Å². The molecule has 1 N–H and O–H groups in total. The Balaban J connectivity index is 0. The zero-order chi connectivity index (χ0) is 6.83. The Bertz CT molecular complexity index is 80.6. The van der Waals surface area contributed by atoms with Crippen molar-refractivity contribution < 1.29 is 5.11 Å². The van der Waals surface area contributed by atoms with Gasteiger partial charge in [0.2, 0.25) is 1.43 Å². The first-order chi connectivity index (χ1) is 3.83. The van der Waals surface area contributed by atoms with E-state index in [9.17, 15) is 0 Å². The van der Waals surface area contributed by atoms with Crippen molar-refractivity contribution in [2.75, 3.05) is 6.61 Å². The van der Waals surface area contributed by atoms with Crippen LogP contribution < -0.4 is 0 Å². The summed E-state index contributed by atoms with van der Waals surface area (Å²) in [5.74, 6) is 2.11. The van der Waals surface area contributed by atoms with Crippen LogP contribution in [0.3, 0.4) is 0 Å². The van der Waals surface area contributed by atoms with E-state index in [2.05, 4.69) is 29.5 Å². The van der Waals surface area contributed by atoms with E-state index >= 15 is 0 Å². The van der Waals surface area contributed by atoms with E-state index in [0.717, 1.165) is 0 Å². The maximum Gasteiger partial charge on any atom is 0.211 e. The molecule has 0 saturated heterocycles. The van der Waals surface area contributed by atoms with Crippen LogP contribution in [-0.4, -0.2) is 19.3 Å². The van der Waals surface area contributed by atoms with Crippen LogP contribution in [0.15, 0.2) is 0 Å². The first-order valence-corrected chi connectivity index (χ1v) is 2.22. The first kappa shape index (κ1) is 6.80. The molecule has 0 saturated carbocycles. The summed E-state index contributed by atoms with van der Waals surface area (Å²) >= 11 is 4.27. The van der Waals surface area contributed by atoms with E-state index in [1.54, 1.807) is 6.15 Å². The van der Waals surface area contributed by atoms with E-state index in [1.165, 1.54) is 0 Å². The predicted molar refractivity (Wildman–Crippen MR) is 35.1 cm³/mol. The molecule has 0 fully saturated rings. The van der Waals surface area contributed by atoms with Crippen molar-refractivity contribution in [2.45, 2.75) is 6.82 Å². The fourth-order valence-electron chi connectivity index (χ4n) is 0. The van der Waals surface area contributed by atoms with Crippen LogP contribution in [0.4, 0.5) is 0 Å². The molecule has 0 radical (unpaired) electrons. The average molecular weight is 116 g/mol. The molecule has 0 rings (SSSR count). The monoisotopic (exact) mass is 116 g/mol. The van der Waals surface area contributed by atoms with Gasteiger partial charge in [-0.1, -0.05) is 5.92 Å². The van der Waals surface area contributed by atoms with Crippen LogP contribution in [0.5, 0.6) is 0 Å². The Kier molecular flexibility index (Phi) is 16.6. The molecule has 0 aliphatic rings. The quantitative estimate of drug-likeness (QED) is 0.396. The molecule has 0 aromatic carbocycles. The van der Waals surface area contributed by atoms with Crippen molar-refractivity contribution in [3.63, 3.8) is 0 Å². The number of aliphatic hydroxyl groups excluding tert-OH is 1. The summed E-state index contributed by atoms with van der Waals surface area (Å²) in [4.78, 5) is 0. The summed E-state index contributed by atoms with van der Waals surface area (Å²) in [6.07, 6.45) is 6.23. The van der Waals surface area contributed by atoms with Gasteiger partial charge in [0.25, 0.3) is 0 Å². The van der Waals surface area contributed by atoms with Gasteiger partial charge in [0.1, 0.15) is 6.61 Å². The number of terminal acetylenes is 1. The molecule has 3 heteroatoms. The Hall–Kier alpha value is -0.195. The second-order valence-corrected chi connectivity index (χ2v) is 1.06. The zero-order valence-electron chi connectivity index (χ0n) is 5.18. The number of aliphatic hydroxyl groups is 1. The van der Waals surface area contributed by atoms with Crippen molar-refractivity contribution in [3.8, 4) is 12.3 Å². The molecule has 0 aliphatic carbocycles. The number of hydrogen-bond donors (Lipinski definition) is 1. The molecule has 0 amide bonds. The molecule has 0 bridgehead atoms. The second-order valence-electron chi connectivity index (χ2n) is 0.584. The second kappa shape index (κ2) is 17.0. The molecule has 0 unspecified atom stereocenters. The maximum atomic E-state index is 5.96. The van der Waals surface area contributed by atoms with Gasteiger partial charge in [-0.3, -0.25) is 0 Å². The van der Waals surface area contributed by atoms with Crippen molar-refractivity contribution >= 4 is 18.2 Å². The van der Waals surface area contributed by atoms with Gasteiger partial charge in [-0.2, -0.15) is 0 Å². The summed E-state index contributed by atoms with van der Waals surface area (Å²) < 4.78 is 5.96. The van der Waals surface area contributed by atoms with Crippen LogP contribution in [0.1, 0.15) is 0 Å². The minimum Gasteiger partial charge on any atom is -0.384 e. The summed E-state index contributed by atoms with van der Waals surface area (Å²) in [5, 5.41) is 3.70. The van der Waals surface area contributed by atoms with Gasteiger partial charge in [0.15, 0.2) is 0 Å². The van der Waals surface area contributed by atoms with Gasteiger partial charge in [-0.25, -0.2) is 0 Å². The normalized spacial score (nSPS) is 6.00. The van der Waals surface area contributed by atoms with Gasteiger partial charge >= 0.3 is 25.0 Å². The van der Waals surface area contributed by atoms with E-state index in [0.29, 0.717) is 0 Å². The third kappa shape index (κ3) is 130. The van der Waals surface area contributed by atoms with Gasteiger partial charge in [0.05, 0.1) is 0 Å². The molecule has 38 valence electrons. The minimum atomic E-state index is 0.0833. The average Bonchev–Trinajstić information content (AvgIpc) is 1.71. The summed E-state index contributed by atoms with van der Waals surface area (Å²) in [6, 6.07) is 0. The Morgan fingerprint density at radius 2 is 2.71 bits per heavy atom. The van der Waals surface area contributed by atoms with Crippen LogP contribution in [0, 0.1) is 12.3 Å². The third-order valence-corrected chi connectivity index (χ3v) is 0.0833. The summed E-state index contributed by atoms with van der Waals surface area (Å²) in [5.41, 5.74) is 0. The third-order valence-electron chi connectivity index (χ3n) is 0.0833. The number of rotatable bonds is 1. The van der Waals surface area contributed by atoms with Crippen LogP contribution >= 0.6 is 12.1 Å². The smallest absolute Gasteiger partial charge is 0.211 e. The molecule has 1 nitrogen and oxygen atoms in total. The molecule has 0 aromatic heterocycles. The molecule has 0 spiro atoms. The topological polar surface area (TPSA) is 20.2 Å². The summed E-state index contributed by atoms with van der Waals surface area (Å²) in [7, 11) is 0. The molecule has 0 aliphatic heterocycles. The fraction of sp³-hybridized carbons (Fsp3) is 0.500. The van der Waals surface area contributed by atoms with Crippen molar-refractivity contribution in [1.82, 2.24) is 0 Å². The molecule has 0 atom stereocenters. The molecule has 0 aromatic rings. The Morgan fingerprint density at radius 3 is 2.71 bits per heavy atom. The fourth-order valence-corrected chi connectivity index (χ4v) is 0. The standard InChI is InChI=1S/C3H4O.CH3BS/c1-2-3-4;1-2-3/h1,4H,3H2;1H3/i4T;. The van der Waals surface area contributed by atoms with Crippen molar-refractivity contribution in [3.05, 3.63) is 0 Å². The zero-order valence-corrected chi connectivity index (χ0v) is 4.99. The molecular weight excluding hydrogens is 107 g/mol. The van der Waals surface area contributed by atoms with E-state index in [4.69, 9.17) is 1.43 Å². The minimum absolute atomic E-state index is 0.0833. The number of hydrogen-bond acceptors (Lipinski definition) is 2. The van der Waals surface area contributed by atoms with E-state index in [-0.39, 0.29) is 6.61 Å². The van der Waals surface area contributed by atoms with Crippen LogP contribution in [-0.2, 0) is 0 Å². The van der Waals surface area contributed by atoms with E-state index < -0.39 is 0 Å². The Labute approximate surface area is 51.3 Å². The SMILES string of the molecule is CB=S.[3H]OCC#C. The van der Waals surface area contributed by atoms with Gasteiger partial charge in [0, 0.05) is 0 Å². The van der Waals surface area contributed by atoms with Gasteiger partial charge in [-0.15, -0.1) is 6.42 Å². The summed E-state index contributed by atoms with van der Waals surface area (Å²) in [6.45, 7) is 1.90. The van der Waals surface area contributed by atoms with E-state index in [1.807, 2.05) is 6.82 Å². The molecule has 7 heavy (non-hydrogen) atoms. The van der Waals surface area contributed by atoms with Gasteiger partial charge in [-0.05, 0) is 0 Å². The largest absolute Gasteiger partial charge is 0.384 e. The van der Waals surface area contributed by atoms with Crippen molar-refractivity contribution in [2.24, 2.45) is 0 Å². The maximum absolute atomic E-state index is 5.96. The molecular formula is C4H7BOS. The first-order valence-electron chi connectivity index (χ1n) is 2.15. The van der Waals surface area contributed by atoms with Crippen molar-refractivity contribution in [1.29, 1.82) is 1.43 Å².